The predicted molar refractivity (Wildman–Crippen MR) is 69.9 cm³/mol. The van der Waals surface area contributed by atoms with E-state index in [1.807, 2.05) is 6.20 Å². The van der Waals surface area contributed by atoms with Gasteiger partial charge in [-0.15, -0.1) is 0 Å². The van der Waals surface area contributed by atoms with Crippen LogP contribution in [-0.2, 0) is 5.41 Å². The van der Waals surface area contributed by atoms with Crippen LogP contribution in [0.2, 0.25) is 0 Å². The maximum absolute atomic E-state index is 5.57. The lowest BCUT2D eigenvalue weighted by atomic mass is 9.88. The normalized spacial score (nSPS) is 11.6. The first kappa shape index (κ1) is 13.0. The zero-order valence-corrected chi connectivity index (χ0v) is 10.8. The summed E-state index contributed by atoms with van der Waals surface area (Å²) in [6.45, 7) is 11.2. The smallest absolute Gasteiger partial charge is 0.128 e. The topological polar surface area (TPSA) is 42.1 Å². The monoisotopic (exact) mass is 221 g/mol. The van der Waals surface area contributed by atoms with Gasteiger partial charge in [-0.05, 0) is 24.0 Å². The van der Waals surface area contributed by atoms with E-state index in [-0.39, 0.29) is 5.41 Å². The number of hydrogen-bond donors (Lipinski definition) is 1. The van der Waals surface area contributed by atoms with Gasteiger partial charge in [0.05, 0.1) is 0 Å². The Morgan fingerprint density at radius 3 is 2.38 bits per heavy atom. The summed E-state index contributed by atoms with van der Waals surface area (Å²) in [5.74, 6) is 1.01. The molecule has 0 bridgehead atoms. The highest BCUT2D eigenvalue weighted by Gasteiger charge is 2.14. The Balaban J connectivity index is 2.85. The van der Waals surface area contributed by atoms with Gasteiger partial charge in [0.15, 0.2) is 0 Å². The van der Waals surface area contributed by atoms with Crippen LogP contribution in [0.3, 0.4) is 0 Å². The third-order valence-corrected chi connectivity index (χ3v) is 2.72. The second kappa shape index (κ2) is 5.30. The summed E-state index contributed by atoms with van der Waals surface area (Å²) in [5, 5.41) is 0. The second-order valence-corrected chi connectivity index (χ2v) is 5.02. The van der Waals surface area contributed by atoms with E-state index in [4.69, 9.17) is 5.73 Å². The van der Waals surface area contributed by atoms with Gasteiger partial charge in [-0.2, -0.15) is 0 Å². The van der Waals surface area contributed by atoms with Crippen LogP contribution in [-0.4, -0.2) is 24.6 Å². The van der Waals surface area contributed by atoms with E-state index in [1.165, 1.54) is 5.56 Å². The van der Waals surface area contributed by atoms with E-state index in [2.05, 4.69) is 49.7 Å². The molecule has 1 aromatic heterocycles. The van der Waals surface area contributed by atoms with Gasteiger partial charge in [-0.3, -0.25) is 0 Å². The van der Waals surface area contributed by atoms with Gasteiger partial charge in [-0.1, -0.05) is 26.8 Å². The van der Waals surface area contributed by atoms with Crippen molar-refractivity contribution in [2.24, 2.45) is 5.73 Å². The van der Waals surface area contributed by atoms with Crippen molar-refractivity contribution in [2.75, 3.05) is 24.5 Å². The lowest BCUT2D eigenvalue weighted by Gasteiger charge is -2.23. The van der Waals surface area contributed by atoms with Crippen LogP contribution in [0.25, 0.3) is 0 Å². The SMILES string of the molecule is CCN(CCN)c1ccc(C(C)(C)C)cn1. The van der Waals surface area contributed by atoms with Crippen molar-refractivity contribution >= 4 is 5.82 Å². The van der Waals surface area contributed by atoms with Gasteiger partial charge in [0, 0.05) is 25.8 Å². The molecule has 0 atom stereocenters. The zero-order valence-electron chi connectivity index (χ0n) is 10.8. The lowest BCUT2D eigenvalue weighted by Crippen LogP contribution is -2.29. The van der Waals surface area contributed by atoms with Crippen molar-refractivity contribution in [3.8, 4) is 0 Å². The van der Waals surface area contributed by atoms with Crippen LogP contribution < -0.4 is 10.6 Å². The molecule has 16 heavy (non-hydrogen) atoms. The summed E-state index contributed by atoms with van der Waals surface area (Å²) in [7, 11) is 0. The molecule has 0 spiro atoms. The number of rotatable bonds is 4. The number of aromatic nitrogens is 1. The highest BCUT2D eigenvalue weighted by Crippen LogP contribution is 2.22. The molecule has 3 nitrogen and oxygen atoms in total. The Hall–Kier alpha value is -1.09. The molecule has 2 N–H and O–H groups in total. The molecule has 90 valence electrons. The fourth-order valence-corrected chi connectivity index (χ4v) is 1.61. The average molecular weight is 221 g/mol. The molecule has 0 aliphatic heterocycles. The van der Waals surface area contributed by atoms with Crippen LogP contribution >= 0.6 is 0 Å². The van der Waals surface area contributed by atoms with E-state index < -0.39 is 0 Å². The number of nitrogens with zero attached hydrogens (tertiary/aromatic N) is 2. The lowest BCUT2D eigenvalue weighted by molar-refractivity contribution is 0.587. The van der Waals surface area contributed by atoms with Crippen LogP contribution in [0.15, 0.2) is 18.3 Å². The molecule has 0 aliphatic carbocycles. The van der Waals surface area contributed by atoms with Crippen LogP contribution in [0, 0.1) is 0 Å². The molecule has 0 saturated carbocycles. The van der Waals surface area contributed by atoms with Gasteiger partial charge in [0.2, 0.25) is 0 Å². The molecule has 0 aliphatic rings. The van der Waals surface area contributed by atoms with Crippen molar-refractivity contribution in [1.82, 2.24) is 4.98 Å². The highest BCUT2D eigenvalue weighted by atomic mass is 15.2. The maximum Gasteiger partial charge on any atom is 0.128 e. The number of hydrogen-bond acceptors (Lipinski definition) is 3. The Kier molecular flexibility index (Phi) is 4.30. The quantitative estimate of drug-likeness (QED) is 0.847. The minimum atomic E-state index is 0.163. The number of anilines is 1. The van der Waals surface area contributed by atoms with Gasteiger partial charge in [0.25, 0.3) is 0 Å². The average Bonchev–Trinajstić information content (AvgIpc) is 2.25. The first-order valence-electron chi connectivity index (χ1n) is 5.90. The van der Waals surface area contributed by atoms with Crippen molar-refractivity contribution in [3.63, 3.8) is 0 Å². The predicted octanol–water partition coefficient (Wildman–Crippen LogP) is 2.16. The molecule has 0 radical (unpaired) electrons. The zero-order chi connectivity index (χ0) is 12.2. The van der Waals surface area contributed by atoms with Gasteiger partial charge >= 0.3 is 0 Å². The van der Waals surface area contributed by atoms with Crippen molar-refractivity contribution < 1.29 is 0 Å². The molecule has 3 heteroatoms. The van der Waals surface area contributed by atoms with Gasteiger partial charge in [-0.25, -0.2) is 4.98 Å². The van der Waals surface area contributed by atoms with Gasteiger partial charge < -0.3 is 10.6 Å². The van der Waals surface area contributed by atoms with Crippen molar-refractivity contribution in [1.29, 1.82) is 0 Å². The summed E-state index contributed by atoms with van der Waals surface area (Å²) < 4.78 is 0. The van der Waals surface area contributed by atoms with E-state index >= 15 is 0 Å². The van der Waals surface area contributed by atoms with Crippen LogP contribution in [0.1, 0.15) is 33.3 Å². The van der Waals surface area contributed by atoms with Crippen LogP contribution in [0.4, 0.5) is 5.82 Å². The number of likely N-dealkylation sites (N-methyl/N-ethyl adjacent to an activating group) is 1. The van der Waals surface area contributed by atoms with E-state index in [0.717, 1.165) is 18.9 Å². The second-order valence-electron chi connectivity index (χ2n) is 5.02. The minimum absolute atomic E-state index is 0.163. The maximum atomic E-state index is 5.57. The first-order chi connectivity index (χ1) is 7.49. The molecule has 0 fully saturated rings. The van der Waals surface area contributed by atoms with E-state index in [9.17, 15) is 0 Å². The van der Waals surface area contributed by atoms with Crippen LogP contribution in [0.5, 0.6) is 0 Å². The largest absolute Gasteiger partial charge is 0.356 e. The Morgan fingerprint density at radius 2 is 2.00 bits per heavy atom. The summed E-state index contributed by atoms with van der Waals surface area (Å²) in [6, 6.07) is 4.24. The minimum Gasteiger partial charge on any atom is -0.356 e. The number of nitrogens with two attached hydrogens (primary N) is 1. The molecule has 1 aromatic rings. The third-order valence-electron chi connectivity index (χ3n) is 2.72. The summed E-state index contributed by atoms with van der Waals surface area (Å²) in [4.78, 5) is 6.69. The molecule has 0 saturated heterocycles. The summed E-state index contributed by atoms with van der Waals surface area (Å²) >= 11 is 0. The molecule has 1 rings (SSSR count). The molecular formula is C13H23N3. The molecule has 0 unspecified atom stereocenters. The van der Waals surface area contributed by atoms with Gasteiger partial charge in [0.1, 0.15) is 5.82 Å². The Labute approximate surface area is 98.7 Å². The van der Waals surface area contributed by atoms with Crippen molar-refractivity contribution in [3.05, 3.63) is 23.9 Å². The molecule has 0 aromatic carbocycles. The standard InChI is InChI=1S/C13H23N3/c1-5-16(9-8-14)12-7-6-11(10-15-12)13(2,3)4/h6-7,10H,5,8-9,14H2,1-4H3. The summed E-state index contributed by atoms with van der Waals surface area (Å²) in [5.41, 5.74) is 7.00. The Morgan fingerprint density at radius 1 is 1.31 bits per heavy atom. The first-order valence-corrected chi connectivity index (χ1v) is 5.90. The fourth-order valence-electron chi connectivity index (χ4n) is 1.61. The fraction of sp³-hybridized carbons (Fsp3) is 0.615. The number of pyridine rings is 1. The Bertz CT molecular complexity index is 311. The molecule has 1 heterocycles. The van der Waals surface area contributed by atoms with E-state index in [1.54, 1.807) is 0 Å². The van der Waals surface area contributed by atoms with E-state index in [0.29, 0.717) is 6.54 Å². The van der Waals surface area contributed by atoms with Crippen molar-refractivity contribution in [2.45, 2.75) is 33.1 Å². The summed E-state index contributed by atoms with van der Waals surface area (Å²) in [6.07, 6.45) is 1.97. The molecule has 0 amide bonds. The highest BCUT2D eigenvalue weighted by molar-refractivity contribution is 5.40. The molecular weight excluding hydrogens is 198 g/mol. The third kappa shape index (κ3) is 3.20.